The molecule has 2 amide bonds. The van der Waals surface area contributed by atoms with Gasteiger partial charge < -0.3 is 19.7 Å². The van der Waals surface area contributed by atoms with Crippen LogP contribution >= 0.6 is 0 Å². The minimum Gasteiger partial charge on any atom is -0.486 e. The van der Waals surface area contributed by atoms with Gasteiger partial charge in [-0.3, -0.25) is 9.59 Å². The van der Waals surface area contributed by atoms with E-state index in [1.54, 1.807) is 4.90 Å². The molecule has 0 saturated carbocycles. The molecule has 6 heteroatoms. The molecule has 2 atom stereocenters. The summed E-state index contributed by atoms with van der Waals surface area (Å²) in [5, 5.41) is 3.09. The van der Waals surface area contributed by atoms with Crippen molar-refractivity contribution in [3.63, 3.8) is 0 Å². The molecule has 2 aliphatic rings. The Morgan fingerprint density at radius 1 is 1.10 bits per heavy atom. The number of aryl methyl sites for hydroxylation is 2. The summed E-state index contributed by atoms with van der Waals surface area (Å²) in [6, 6.07) is 11.6. The van der Waals surface area contributed by atoms with Gasteiger partial charge in [-0.1, -0.05) is 23.8 Å². The molecule has 0 bridgehead atoms. The lowest BCUT2D eigenvalue weighted by atomic mass is 9.99. The summed E-state index contributed by atoms with van der Waals surface area (Å²) in [5.74, 6) is 0.803. The van der Waals surface area contributed by atoms with Crippen LogP contribution in [0.4, 0.5) is 5.69 Å². The van der Waals surface area contributed by atoms with Crippen LogP contribution < -0.4 is 19.7 Å². The van der Waals surface area contributed by atoms with Crippen molar-refractivity contribution in [3.05, 3.63) is 53.1 Å². The van der Waals surface area contributed by atoms with Crippen LogP contribution in [0.2, 0.25) is 0 Å². The van der Waals surface area contributed by atoms with E-state index in [0.29, 0.717) is 31.3 Å². The highest BCUT2D eigenvalue weighted by molar-refractivity contribution is 6.00. The second-order valence-electron chi connectivity index (χ2n) is 7.82. The van der Waals surface area contributed by atoms with E-state index in [0.717, 1.165) is 22.4 Å². The summed E-state index contributed by atoms with van der Waals surface area (Å²) in [6.45, 7) is 7.44. The summed E-state index contributed by atoms with van der Waals surface area (Å²) in [5.41, 5.74) is 4.14. The molecule has 0 aromatic heterocycles. The molecule has 0 radical (unpaired) electrons. The topological polar surface area (TPSA) is 67.9 Å². The maximum absolute atomic E-state index is 12.8. The van der Waals surface area contributed by atoms with Crippen LogP contribution in [0.15, 0.2) is 36.4 Å². The quantitative estimate of drug-likeness (QED) is 0.864. The second kappa shape index (κ2) is 7.78. The first-order valence-corrected chi connectivity index (χ1v) is 10.00. The van der Waals surface area contributed by atoms with E-state index in [-0.39, 0.29) is 30.2 Å². The number of anilines is 1. The van der Waals surface area contributed by atoms with E-state index in [9.17, 15) is 9.59 Å². The number of hydrogen-bond acceptors (Lipinski definition) is 4. The van der Waals surface area contributed by atoms with Gasteiger partial charge in [0.05, 0.1) is 12.0 Å². The van der Waals surface area contributed by atoms with Crippen LogP contribution in [-0.4, -0.2) is 31.6 Å². The van der Waals surface area contributed by atoms with Crippen molar-refractivity contribution < 1.29 is 19.1 Å². The molecular formula is C23H26N2O4. The average Bonchev–Trinajstić information content (AvgIpc) is 3.11. The Morgan fingerprint density at radius 2 is 1.86 bits per heavy atom. The summed E-state index contributed by atoms with van der Waals surface area (Å²) in [6.07, 6.45) is 0.208. The number of nitrogens with zero attached hydrogens (tertiary/aromatic N) is 1. The molecule has 2 aromatic rings. The number of carbonyl (C=O) groups excluding carboxylic acids is 2. The van der Waals surface area contributed by atoms with Crippen LogP contribution in [0, 0.1) is 19.8 Å². The number of hydrogen-bond donors (Lipinski definition) is 1. The predicted molar refractivity (Wildman–Crippen MR) is 110 cm³/mol. The third-order valence-electron chi connectivity index (χ3n) is 5.59. The molecule has 6 nitrogen and oxygen atoms in total. The molecule has 2 unspecified atom stereocenters. The monoisotopic (exact) mass is 394 g/mol. The second-order valence-corrected chi connectivity index (χ2v) is 7.82. The third-order valence-corrected chi connectivity index (χ3v) is 5.59. The largest absolute Gasteiger partial charge is 0.486 e. The van der Waals surface area contributed by atoms with E-state index in [2.05, 4.69) is 23.5 Å². The number of nitrogens with one attached hydrogen (secondary N) is 1. The van der Waals surface area contributed by atoms with E-state index in [1.165, 1.54) is 0 Å². The minimum atomic E-state index is -0.372. The molecule has 29 heavy (non-hydrogen) atoms. The third kappa shape index (κ3) is 3.92. The Balaban J connectivity index is 1.45. The minimum absolute atomic E-state index is 0.0544. The highest BCUT2D eigenvalue weighted by Gasteiger charge is 2.36. The maximum Gasteiger partial charge on any atom is 0.227 e. The molecule has 1 N–H and O–H groups in total. The van der Waals surface area contributed by atoms with Gasteiger partial charge >= 0.3 is 0 Å². The zero-order valence-corrected chi connectivity index (χ0v) is 17.0. The zero-order chi connectivity index (χ0) is 20.5. The normalized spacial score (nSPS) is 19.2. The summed E-state index contributed by atoms with van der Waals surface area (Å²) < 4.78 is 11.2. The molecule has 2 heterocycles. The van der Waals surface area contributed by atoms with Gasteiger partial charge in [0, 0.05) is 24.7 Å². The van der Waals surface area contributed by atoms with Gasteiger partial charge in [0.1, 0.15) is 13.2 Å². The lowest BCUT2D eigenvalue weighted by Crippen LogP contribution is -2.34. The highest BCUT2D eigenvalue weighted by Crippen LogP contribution is 2.36. The van der Waals surface area contributed by atoms with E-state index >= 15 is 0 Å². The summed E-state index contributed by atoms with van der Waals surface area (Å²) >= 11 is 0. The first-order chi connectivity index (χ1) is 13.9. The molecule has 4 rings (SSSR count). The average molecular weight is 394 g/mol. The number of rotatable bonds is 4. The lowest BCUT2D eigenvalue weighted by Gasteiger charge is -2.22. The number of amides is 2. The molecule has 0 spiro atoms. The molecule has 2 aromatic carbocycles. The zero-order valence-electron chi connectivity index (χ0n) is 17.0. The van der Waals surface area contributed by atoms with Gasteiger partial charge in [-0.05, 0) is 44.0 Å². The fourth-order valence-corrected chi connectivity index (χ4v) is 3.97. The number of benzene rings is 2. The smallest absolute Gasteiger partial charge is 0.227 e. The van der Waals surface area contributed by atoms with Crippen molar-refractivity contribution in [2.45, 2.75) is 33.2 Å². The van der Waals surface area contributed by atoms with Gasteiger partial charge in [0.15, 0.2) is 11.5 Å². The van der Waals surface area contributed by atoms with Crippen LogP contribution in [0.5, 0.6) is 11.5 Å². The Bertz CT molecular complexity index is 956. The van der Waals surface area contributed by atoms with Gasteiger partial charge in [0.25, 0.3) is 0 Å². The van der Waals surface area contributed by atoms with Crippen LogP contribution in [-0.2, 0) is 9.59 Å². The standard InChI is InChI=1S/C23H26N2O4/c1-14-4-5-15(2)19(10-14)16(3)24-23(27)17-11-22(26)25(13-17)18-6-7-20-21(12-18)29-9-8-28-20/h4-7,10,12,16-17H,8-9,11,13H2,1-3H3,(H,24,27). The molecule has 1 fully saturated rings. The van der Waals surface area contributed by atoms with E-state index in [1.807, 2.05) is 39.0 Å². The number of carbonyl (C=O) groups is 2. The molecule has 152 valence electrons. The van der Waals surface area contributed by atoms with Gasteiger partial charge in [0.2, 0.25) is 11.8 Å². The molecular weight excluding hydrogens is 368 g/mol. The number of fused-ring (bicyclic) bond motifs is 1. The van der Waals surface area contributed by atoms with Crippen molar-refractivity contribution in [1.29, 1.82) is 0 Å². The van der Waals surface area contributed by atoms with Crippen LogP contribution in [0.1, 0.15) is 36.1 Å². The van der Waals surface area contributed by atoms with Gasteiger partial charge in [-0.15, -0.1) is 0 Å². The summed E-state index contributed by atoms with van der Waals surface area (Å²) in [4.78, 5) is 27.1. The highest BCUT2D eigenvalue weighted by atomic mass is 16.6. The SMILES string of the molecule is Cc1ccc(C)c(C(C)NC(=O)C2CC(=O)N(c3ccc4c(c3)OCCO4)C2)c1. The first-order valence-electron chi connectivity index (χ1n) is 10.00. The van der Waals surface area contributed by atoms with Crippen molar-refractivity contribution in [2.75, 3.05) is 24.7 Å². The molecule has 2 aliphatic heterocycles. The first kappa shape index (κ1) is 19.3. The van der Waals surface area contributed by atoms with Crippen LogP contribution in [0.3, 0.4) is 0 Å². The van der Waals surface area contributed by atoms with Crippen molar-refractivity contribution in [3.8, 4) is 11.5 Å². The Labute approximate surface area is 170 Å². The maximum atomic E-state index is 12.8. The molecule has 1 saturated heterocycles. The van der Waals surface area contributed by atoms with Gasteiger partial charge in [-0.25, -0.2) is 0 Å². The van der Waals surface area contributed by atoms with Crippen molar-refractivity contribution in [2.24, 2.45) is 5.92 Å². The fraction of sp³-hybridized carbons (Fsp3) is 0.391. The molecule has 0 aliphatic carbocycles. The lowest BCUT2D eigenvalue weighted by molar-refractivity contribution is -0.126. The van der Waals surface area contributed by atoms with E-state index in [4.69, 9.17) is 9.47 Å². The van der Waals surface area contributed by atoms with Gasteiger partial charge in [-0.2, -0.15) is 0 Å². The summed E-state index contributed by atoms with van der Waals surface area (Å²) in [7, 11) is 0. The van der Waals surface area contributed by atoms with Crippen molar-refractivity contribution >= 4 is 17.5 Å². The Kier molecular flexibility index (Phi) is 5.18. The Hall–Kier alpha value is -3.02. The fourth-order valence-electron chi connectivity index (χ4n) is 3.97. The predicted octanol–water partition coefficient (Wildman–Crippen LogP) is 3.30. The van der Waals surface area contributed by atoms with Crippen LogP contribution in [0.25, 0.3) is 0 Å². The van der Waals surface area contributed by atoms with E-state index < -0.39 is 0 Å². The van der Waals surface area contributed by atoms with Crippen molar-refractivity contribution in [1.82, 2.24) is 5.32 Å². The Morgan fingerprint density at radius 3 is 2.66 bits per heavy atom. The number of ether oxygens (including phenoxy) is 2.